The average Bonchev–Trinajstić information content (AvgIpc) is 2.47. The molecule has 1 aliphatic rings. The van der Waals surface area contributed by atoms with Crippen molar-refractivity contribution in [3.05, 3.63) is 59.2 Å². The molecule has 0 aliphatic heterocycles. The molecule has 2 aromatic rings. The zero-order chi connectivity index (χ0) is 14.8. The van der Waals surface area contributed by atoms with Crippen LogP contribution in [0, 0.1) is 0 Å². The Kier molecular flexibility index (Phi) is 3.80. The second-order valence-corrected chi connectivity index (χ2v) is 5.70. The van der Waals surface area contributed by atoms with Crippen molar-refractivity contribution >= 4 is 22.9 Å². The fourth-order valence-corrected chi connectivity index (χ4v) is 2.97. The maximum atomic E-state index is 5.79. The Labute approximate surface area is 130 Å². The Hall–Kier alpha value is -2.07. The molecule has 3 nitrogen and oxygen atoms in total. The van der Waals surface area contributed by atoms with Crippen LogP contribution in [0.3, 0.4) is 0 Å². The number of anilines is 1. The number of nitrogens with one attached hydrogen (secondary N) is 1. The number of hydrogen-bond acceptors (Lipinski definition) is 3. The van der Waals surface area contributed by atoms with Crippen molar-refractivity contribution in [3.63, 3.8) is 0 Å². The lowest BCUT2D eigenvalue weighted by molar-refractivity contribution is 0.415. The summed E-state index contributed by atoms with van der Waals surface area (Å²) in [6.45, 7) is 0.875. The van der Waals surface area contributed by atoms with Crippen LogP contribution in [0.2, 0.25) is 0 Å². The van der Waals surface area contributed by atoms with Gasteiger partial charge in [-0.3, -0.25) is 0 Å². The average molecular weight is 298 g/mol. The Bertz CT molecular complexity index is 684. The normalized spacial score (nSPS) is 15.8. The molecule has 2 aromatic carbocycles. The molecule has 0 spiro atoms. The van der Waals surface area contributed by atoms with E-state index in [2.05, 4.69) is 29.6 Å². The van der Waals surface area contributed by atoms with Gasteiger partial charge >= 0.3 is 0 Å². The highest BCUT2D eigenvalue weighted by atomic mass is 32.1. The molecule has 0 saturated heterocycles. The Morgan fingerprint density at radius 1 is 1.33 bits per heavy atom. The van der Waals surface area contributed by atoms with Gasteiger partial charge in [0.25, 0.3) is 0 Å². The first-order chi connectivity index (χ1) is 10.2. The van der Waals surface area contributed by atoms with Gasteiger partial charge in [-0.05, 0) is 29.7 Å². The van der Waals surface area contributed by atoms with Crippen LogP contribution >= 0.6 is 12.2 Å². The van der Waals surface area contributed by atoms with Gasteiger partial charge < -0.3 is 15.8 Å². The topological polar surface area (TPSA) is 47.3 Å². The number of ether oxygens (including phenoxy) is 1. The fourth-order valence-electron chi connectivity index (χ4n) is 2.79. The fraction of sp³-hybridized carbons (Fsp3) is 0.235. The van der Waals surface area contributed by atoms with Crippen LogP contribution in [0.25, 0.3) is 0 Å². The summed E-state index contributed by atoms with van der Waals surface area (Å²) in [5, 5.41) is 3.46. The molecule has 0 aromatic heterocycles. The second kappa shape index (κ2) is 5.74. The predicted molar refractivity (Wildman–Crippen MR) is 90.3 cm³/mol. The van der Waals surface area contributed by atoms with Crippen LogP contribution in [0.15, 0.2) is 42.5 Å². The first-order valence-corrected chi connectivity index (χ1v) is 7.39. The third-order valence-electron chi connectivity index (χ3n) is 3.99. The molecule has 3 rings (SSSR count). The van der Waals surface area contributed by atoms with Crippen LogP contribution in [-0.2, 0) is 6.42 Å². The van der Waals surface area contributed by atoms with Gasteiger partial charge in [0.1, 0.15) is 10.7 Å². The minimum atomic E-state index is 0.397. The minimum Gasteiger partial charge on any atom is -0.497 e. The van der Waals surface area contributed by atoms with Crippen LogP contribution in [0.4, 0.5) is 5.69 Å². The van der Waals surface area contributed by atoms with Gasteiger partial charge in [-0.25, -0.2) is 0 Å². The number of rotatable bonds is 5. The molecule has 0 amide bonds. The summed E-state index contributed by atoms with van der Waals surface area (Å²) in [4.78, 5) is 0.397. The van der Waals surface area contributed by atoms with E-state index in [0.29, 0.717) is 10.9 Å². The first kappa shape index (κ1) is 13.9. The van der Waals surface area contributed by atoms with Crippen LogP contribution < -0.4 is 15.8 Å². The van der Waals surface area contributed by atoms with Crippen molar-refractivity contribution in [2.45, 2.75) is 12.3 Å². The number of hydrogen-bond donors (Lipinski definition) is 2. The molecule has 0 bridgehead atoms. The molecule has 4 heteroatoms. The molecule has 1 unspecified atom stereocenters. The second-order valence-electron chi connectivity index (χ2n) is 5.26. The van der Waals surface area contributed by atoms with Crippen molar-refractivity contribution in [1.29, 1.82) is 0 Å². The number of benzene rings is 2. The van der Waals surface area contributed by atoms with E-state index in [1.165, 1.54) is 11.1 Å². The highest BCUT2D eigenvalue weighted by Gasteiger charge is 2.25. The lowest BCUT2D eigenvalue weighted by atomic mass is 9.77. The van der Waals surface area contributed by atoms with E-state index in [9.17, 15) is 0 Å². The lowest BCUT2D eigenvalue weighted by Crippen LogP contribution is -2.25. The summed E-state index contributed by atoms with van der Waals surface area (Å²) in [7, 11) is 1.65. The van der Waals surface area contributed by atoms with E-state index < -0.39 is 0 Å². The molecule has 1 aliphatic carbocycles. The summed E-state index contributed by atoms with van der Waals surface area (Å²) >= 11 is 5.11. The number of nitrogens with two attached hydrogens (primary N) is 1. The third-order valence-corrected chi connectivity index (χ3v) is 4.21. The van der Waals surface area contributed by atoms with Gasteiger partial charge in [0.2, 0.25) is 0 Å². The molecular formula is C17H18N2OS. The van der Waals surface area contributed by atoms with Crippen molar-refractivity contribution in [1.82, 2.24) is 0 Å². The molecule has 1 atom stereocenters. The van der Waals surface area contributed by atoms with Gasteiger partial charge in [0.05, 0.1) is 7.11 Å². The standard InChI is InChI=1S/C17H18N2OS/c1-20-13-6-7-15(17(18)21)16(9-13)19-10-12-8-11-4-2-3-5-14(11)12/h2-7,9,12,19H,8,10H2,1H3,(H2,18,21). The van der Waals surface area contributed by atoms with Crippen LogP contribution in [0.1, 0.15) is 22.6 Å². The van der Waals surface area contributed by atoms with E-state index >= 15 is 0 Å². The summed E-state index contributed by atoms with van der Waals surface area (Å²) < 4.78 is 5.27. The Balaban J connectivity index is 1.75. The van der Waals surface area contributed by atoms with Crippen LogP contribution in [0.5, 0.6) is 5.75 Å². The quantitative estimate of drug-likeness (QED) is 0.833. The summed E-state index contributed by atoms with van der Waals surface area (Å²) in [6.07, 6.45) is 1.12. The zero-order valence-corrected chi connectivity index (χ0v) is 12.7. The molecule has 0 heterocycles. The molecule has 108 valence electrons. The monoisotopic (exact) mass is 298 g/mol. The van der Waals surface area contributed by atoms with Gasteiger partial charge in [-0.1, -0.05) is 36.5 Å². The maximum absolute atomic E-state index is 5.79. The molecule has 0 radical (unpaired) electrons. The molecular weight excluding hydrogens is 280 g/mol. The largest absolute Gasteiger partial charge is 0.497 e. The first-order valence-electron chi connectivity index (χ1n) is 6.98. The van der Waals surface area contributed by atoms with E-state index in [0.717, 1.165) is 30.0 Å². The maximum Gasteiger partial charge on any atom is 0.120 e. The van der Waals surface area contributed by atoms with Crippen molar-refractivity contribution in [2.24, 2.45) is 5.73 Å². The van der Waals surface area contributed by atoms with Crippen molar-refractivity contribution < 1.29 is 4.74 Å². The van der Waals surface area contributed by atoms with Crippen molar-refractivity contribution in [3.8, 4) is 5.75 Å². The Morgan fingerprint density at radius 2 is 2.14 bits per heavy atom. The minimum absolute atomic E-state index is 0.397. The molecule has 0 saturated carbocycles. The highest BCUT2D eigenvalue weighted by Crippen LogP contribution is 2.35. The van der Waals surface area contributed by atoms with Gasteiger partial charge in [0, 0.05) is 29.8 Å². The van der Waals surface area contributed by atoms with E-state index in [1.807, 2.05) is 18.2 Å². The Morgan fingerprint density at radius 3 is 2.86 bits per heavy atom. The smallest absolute Gasteiger partial charge is 0.120 e. The van der Waals surface area contributed by atoms with Gasteiger partial charge in [-0.2, -0.15) is 0 Å². The highest BCUT2D eigenvalue weighted by molar-refractivity contribution is 7.80. The predicted octanol–water partition coefficient (Wildman–Crippen LogP) is 3.08. The number of methoxy groups -OCH3 is 1. The molecule has 21 heavy (non-hydrogen) atoms. The molecule has 3 N–H and O–H groups in total. The van der Waals surface area contributed by atoms with Gasteiger partial charge in [-0.15, -0.1) is 0 Å². The van der Waals surface area contributed by atoms with E-state index in [1.54, 1.807) is 7.11 Å². The van der Waals surface area contributed by atoms with Crippen molar-refractivity contribution in [2.75, 3.05) is 19.0 Å². The van der Waals surface area contributed by atoms with E-state index in [4.69, 9.17) is 22.7 Å². The van der Waals surface area contributed by atoms with E-state index in [-0.39, 0.29) is 0 Å². The van der Waals surface area contributed by atoms with Gasteiger partial charge in [0.15, 0.2) is 0 Å². The summed E-state index contributed by atoms with van der Waals surface area (Å²) in [6, 6.07) is 14.3. The van der Waals surface area contributed by atoms with Crippen LogP contribution in [-0.4, -0.2) is 18.6 Å². The number of fused-ring (bicyclic) bond motifs is 1. The number of thiocarbonyl (C=S) groups is 1. The SMILES string of the molecule is COc1ccc(C(N)=S)c(NCC2Cc3ccccc32)c1. The third kappa shape index (κ3) is 2.72. The zero-order valence-electron chi connectivity index (χ0n) is 11.9. The molecule has 0 fully saturated rings. The summed E-state index contributed by atoms with van der Waals surface area (Å²) in [5.74, 6) is 1.35. The summed E-state index contributed by atoms with van der Waals surface area (Å²) in [5.41, 5.74) is 10.5. The lowest BCUT2D eigenvalue weighted by Gasteiger charge is -2.30.